The average Bonchev–Trinajstić information content (AvgIpc) is 2.59. The van der Waals surface area contributed by atoms with Crippen LogP contribution in [0, 0.1) is 0 Å². The first-order valence-electron chi connectivity index (χ1n) is 5.70. The van der Waals surface area contributed by atoms with E-state index in [0.717, 1.165) is 17.8 Å². The molecule has 1 aromatic heterocycles. The van der Waals surface area contributed by atoms with Crippen molar-refractivity contribution in [3.63, 3.8) is 0 Å². The number of hydrogen-bond donors (Lipinski definition) is 0. The van der Waals surface area contributed by atoms with E-state index >= 15 is 0 Å². The molecule has 0 N–H and O–H groups in total. The minimum absolute atomic E-state index is 0.341. The van der Waals surface area contributed by atoms with Gasteiger partial charge < -0.3 is 0 Å². The van der Waals surface area contributed by atoms with Crippen molar-refractivity contribution in [3.8, 4) is 0 Å². The fourth-order valence-corrected chi connectivity index (χ4v) is 2.46. The molecule has 15 heavy (non-hydrogen) atoms. The van der Waals surface area contributed by atoms with E-state index in [2.05, 4.69) is 44.7 Å². The maximum atomic E-state index is 4.59. The molecule has 0 saturated heterocycles. The van der Waals surface area contributed by atoms with Crippen molar-refractivity contribution < 1.29 is 0 Å². The third-order valence-corrected chi connectivity index (χ3v) is 3.53. The smallest absolute Gasteiger partial charge is 0.203 e. The quantitative estimate of drug-likeness (QED) is 0.778. The fourth-order valence-electron chi connectivity index (χ4n) is 1.22. The molecule has 0 saturated carbocycles. The number of rotatable bonds is 4. The minimum Gasteiger partial charge on any atom is -0.255 e. The van der Waals surface area contributed by atoms with Crippen molar-refractivity contribution in [1.29, 1.82) is 0 Å². The van der Waals surface area contributed by atoms with Crippen LogP contribution in [0.3, 0.4) is 0 Å². The van der Waals surface area contributed by atoms with Crippen LogP contribution in [0.5, 0.6) is 0 Å². The van der Waals surface area contributed by atoms with Crippen LogP contribution < -0.4 is 4.80 Å². The van der Waals surface area contributed by atoms with Crippen molar-refractivity contribution in [2.75, 3.05) is 0 Å². The molecule has 0 bridgehead atoms. The van der Waals surface area contributed by atoms with Crippen molar-refractivity contribution in [3.05, 3.63) is 9.81 Å². The second-order valence-electron chi connectivity index (χ2n) is 4.07. The van der Waals surface area contributed by atoms with Crippen LogP contribution in [0.15, 0.2) is 4.99 Å². The van der Waals surface area contributed by atoms with Crippen molar-refractivity contribution in [1.82, 2.24) is 9.78 Å². The highest BCUT2D eigenvalue weighted by Crippen LogP contribution is 2.17. The van der Waals surface area contributed by atoms with Gasteiger partial charge in [-0.3, -0.25) is 4.99 Å². The van der Waals surface area contributed by atoms with Gasteiger partial charge in [-0.2, -0.15) is 5.10 Å². The van der Waals surface area contributed by atoms with Crippen LogP contribution in [-0.4, -0.2) is 15.8 Å². The van der Waals surface area contributed by atoms with Crippen LogP contribution in [0.4, 0.5) is 0 Å². The van der Waals surface area contributed by atoms with Gasteiger partial charge in [0.2, 0.25) is 4.80 Å². The molecule has 0 aliphatic heterocycles. The summed E-state index contributed by atoms with van der Waals surface area (Å²) in [6, 6.07) is 0.341. The second kappa shape index (κ2) is 5.45. The molecule has 3 nitrogen and oxygen atoms in total. The van der Waals surface area contributed by atoms with Crippen LogP contribution >= 0.6 is 11.3 Å². The highest BCUT2D eigenvalue weighted by molar-refractivity contribution is 7.08. The molecule has 1 unspecified atom stereocenters. The summed E-state index contributed by atoms with van der Waals surface area (Å²) in [7, 11) is 0. The molecule has 0 aromatic carbocycles. The summed E-state index contributed by atoms with van der Waals surface area (Å²) in [6.45, 7) is 11.6. The maximum Gasteiger partial charge on any atom is 0.203 e. The van der Waals surface area contributed by atoms with E-state index in [-0.39, 0.29) is 0 Å². The van der Waals surface area contributed by atoms with Crippen LogP contribution in [0.2, 0.25) is 0 Å². The Balaban J connectivity index is 3.11. The topological polar surface area (TPSA) is 30.2 Å². The van der Waals surface area contributed by atoms with Gasteiger partial charge in [0.15, 0.2) is 0 Å². The first-order valence-corrected chi connectivity index (χ1v) is 6.51. The summed E-state index contributed by atoms with van der Waals surface area (Å²) in [5.41, 5.74) is 0. The Labute approximate surface area is 95.9 Å². The van der Waals surface area contributed by atoms with Gasteiger partial charge in [-0.15, -0.1) is 0 Å². The molecule has 1 atom stereocenters. The van der Waals surface area contributed by atoms with E-state index in [1.54, 1.807) is 11.3 Å². The number of aromatic nitrogens is 2. The standard InChI is InChI=1S/C11H21N3S/c1-6-9(5)10-13-14(7-2)11(15-10)12-8(3)4/h8-9H,6-7H2,1-5H3. The normalized spacial score (nSPS) is 14.9. The van der Waals surface area contributed by atoms with Crippen LogP contribution in [-0.2, 0) is 6.54 Å². The van der Waals surface area contributed by atoms with E-state index in [0.29, 0.717) is 12.0 Å². The maximum absolute atomic E-state index is 4.59. The van der Waals surface area contributed by atoms with Crippen molar-refractivity contribution >= 4 is 11.3 Å². The van der Waals surface area contributed by atoms with Gasteiger partial charge in [-0.05, 0) is 27.2 Å². The third kappa shape index (κ3) is 3.16. The molecule has 0 fully saturated rings. The zero-order valence-corrected chi connectivity index (χ0v) is 11.1. The Morgan fingerprint density at radius 2 is 2.00 bits per heavy atom. The molecule has 1 aromatic rings. The number of nitrogens with zero attached hydrogens (tertiary/aromatic N) is 3. The second-order valence-corrected chi connectivity index (χ2v) is 5.06. The van der Waals surface area contributed by atoms with E-state index < -0.39 is 0 Å². The van der Waals surface area contributed by atoms with Crippen molar-refractivity contribution in [2.24, 2.45) is 4.99 Å². The van der Waals surface area contributed by atoms with E-state index in [1.807, 2.05) is 4.68 Å². The SMILES string of the molecule is CCC(C)c1nn(CC)c(=NC(C)C)s1. The number of aryl methyl sites for hydroxylation is 1. The lowest BCUT2D eigenvalue weighted by Gasteiger charge is -2.00. The Morgan fingerprint density at radius 1 is 1.33 bits per heavy atom. The molecule has 0 radical (unpaired) electrons. The lowest BCUT2D eigenvalue weighted by molar-refractivity contribution is 0.589. The molecule has 1 heterocycles. The van der Waals surface area contributed by atoms with Gasteiger partial charge in [-0.1, -0.05) is 25.2 Å². The lowest BCUT2D eigenvalue weighted by Crippen LogP contribution is -2.17. The molecule has 4 heteroatoms. The first kappa shape index (κ1) is 12.4. The van der Waals surface area contributed by atoms with E-state index in [4.69, 9.17) is 0 Å². The Hall–Kier alpha value is -0.640. The summed E-state index contributed by atoms with van der Waals surface area (Å²) in [4.78, 5) is 5.64. The highest BCUT2D eigenvalue weighted by atomic mass is 32.1. The Kier molecular flexibility index (Phi) is 4.51. The fraction of sp³-hybridized carbons (Fsp3) is 0.818. The molecular weight excluding hydrogens is 206 g/mol. The summed E-state index contributed by atoms with van der Waals surface area (Å²) in [5, 5.41) is 5.80. The lowest BCUT2D eigenvalue weighted by atomic mass is 10.1. The van der Waals surface area contributed by atoms with E-state index in [1.165, 1.54) is 5.01 Å². The summed E-state index contributed by atoms with van der Waals surface area (Å²) >= 11 is 1.73. The van der Waals surface area contributed by atoms with Crippen LogP contribution in [0.1, 0.15) is 52.0 Å². The molecule has 0 spiro atoms. The monoisotopic (exact) mass is 227 g/mol. The summed E-state index contributed by atoms with van der Waals surface area (Å²) in [6.07, 6.45) is 1.14. The third-order valence-electron chi connectivity index (χ3n) is 2.34. The van der Waals surface area contributed by atoms with Crippen molar-refractivity contribution in [2.45, 2.75) is 59.5 Å². The van der Waals surface area contributed by atoms with Gasteiger partial charge in [-0.25, -0.2) is 4.68 Å². The molecule has 0 amide bonds. The molecule has 0 aliphatic carbocycles. The van der Waals surface area contributed by atoms with Gasteiger partial charge in [0.05, 0.1) is 0 Å². The van der Waals surface area contributed by atoms with Gasteiger partial charge in [0.1, 0.15) is 5.01 Å². The largest absolute Gasteiger partial charge is 0.255 e. The zero-order chi connectivity index (χ0) is 11.4. The zero-order valence-electron chi connectivity index (χ0n) is 10.3. The predicted molar refractivity (Wildman–Crippen MR) is 65.2 cm³/mol. The van der Waals surface area contributed by atoms with Gasteiger partial charge >= 0.3 is 0 Å². The minimum atomic E-state index is 0.341. The molecule has 1 rings (SSSR count). The molecule has 86 valence electrons. The summed E-state index contributed by atoms with van der Waals surface area (Å²) < 4.78 is 2.01. The number of hydrogen-bond acceptors (Lipinski definition) is 3. The van der Waals surface area contributed by atoms with Gasteiger partial charge in [0.25, 0.3) is 0 Å². The van der Waals surface area contributed by atoms with E-state index in [9.17, 15) is 0 Å². The Morgan fingerprint density at radius 3 is 2.47 bits per heavy atom. The highest BCUT2D eigenvalue weighted by Gasteiger charge is 2.09. The molecule has 0 aliphatic rings. The summed E-state index contributed by atoms with van der Waals surface area (Å²) in [5.74, 6) is 0.545. The van der Waals surface area contributed by atoms with Gasteiger partial charge in [0, 0.05) is 18.5 Å². The average molecular weight is 227 g/mol. The Bertz CT molecular complexity index is 362. The first-order chi connectivity index (χ1) is 7.08. The molecular formula is C11H21N3S. The van der Waals surface area contributed by atoms with Crippen LogP contribution in [0.25, 0.3) is 0 Å². The predicted octanol–water partition coefficient (Wildman–Crippen LogP) is 2.79.